The molecule has 1 atom stereocenters. The predicted octanol–water partition coefficient (Wildman–Crippen LogP) is 3.75. The molecule has 122 valence electrons. The first-order chi connectivity index (χ1) is 11.5. The van der Waals surface area contributed by atoms with Gasteiger partial charge in [-0.15, -0.1) is 12.6 Å². The van der Waals surface area contributed by atoms with Gasteiger partial charge in [-0.1, -0.05) is 47.5 Å². The third-order valence-electron chi connectivity index (χ3n) is 3.52. The lowest BCUT2D eigenvalue weighted by atomic mass is 10.1. The van der Waals surface area contributed by atoms with Crippen LogP contribution in [0.4, 0.5) is 5.69 Å². The Morgan fingerprint density at radius 3 is 2.25 bits per heavy atom. The van der Waals surface area contributed by atoms with Gasteiger partial charge in [0.25, 0.3) is 11.8 Å². The average molecular weight is 379 g/mol. The topological polar surface area (TPSA) is 49.4 Å². The van der Waals surface area contributed by atoms with E-state index in [4.69, 9.17) is 23.2 Å². The zero-order valence-electron chi connectivity index (χ0n) is 12.2. The Balaban J connectivity index is 2.06. The second kappa shape index (κ2) is 6.89. The molecule has 24 heavy (non-hydrogen) atoms. The smallest absolute Gasteiger partial charge is 0.266 e. The summed E-state index contributed by atoms with van der Waals surface area (Å²) in [6, 6.07) is 13.9. The van der Waals surface area contributed by atoms with E-state index in [1.165, 1.54) is 11.0 Å². The summed E-state index contributed by atoms with van der Waals surface area (Å²) in [6.07, 6.45) is 1.40. The molecule has 4 nitrogen and oxygen atoms in total. The molecule has 0 aliphatic carbocycles. The summed E-state index contributed by atoms with van der Waals surface area (Å²) >= 11 is 16.5. The highest BCUT2D eigenvalue weighted by Crippen LogP contribution is 2.29. The van der Waals surface area contributed by atoms with Gasteiger partial charge in [-0.3, -0.25) is 14.5 Å². The number of para-hydroxylation sites is 1. The monoisotopic (exact) mass is 378 g/mol. The fourth-order valence-corrected chi connectivity index (χ4v) is 3.23. The first-order valence-corrected chi connectivity index (χ1v) is 8.29. The van der Waals surface area contributed by atoms with Gasteiger partial charge >= 0.3 is 0 Å². The number of hydrogen-bond acceptors (Lipinski definition) is 3. The molecule has 2 aromatic rings. The van der Waals surface area contributed by atoms with Crippen molar-refractivity contribution in [3.05, 3.63) is 69.7 Å². The maximum absolute atomic E-state index is 12.8. The van der Waals surface area contributed by atoms with Gasteiger partial charge in [-0.05, 0) is 30.3 Å². The molecule has 1 fully saturated rings. The average Bonchev–Trinajstić information content (AvgIpc) is 2.54. The second-order valence-electron chi connectivity index (χ2n) is 5.05. The molecule has 1 heterocycles. The highest BCUT2D eigenvalue weighted by atomic mass is 35.5. The first kappa shape index (κ1) is 16.9. The van der Waals surface area contributed by atoms with Crippen molar-refractivity contribution in [2.75, 3.05) is 4.90 Å². The van der Waals surface area contributed by atoms with Crippen LogP contribution in [0.5, 0.6) is 0 Å². The molecule has 1 aliphatic heterocycles. The van der Waals surface area contributed by atoms with Gasteiger partial charge < -0.3 is 5.32 Å². The molecule has 0 aromatic heterocycles. The molecule has 1 saturated heterocycles. The Kier molecular flexibility index (Phi) is 4.85. The van der Waals surface area contributed by atoms with Crippen LogP contribution in [-0.4, -0.2) is 17.3 Å². The van der Waals surface area contributed by atoms with E-state index in [-0.39, 0.29) is 5.57 Å². The summed E-state index contributed by atoms with van der Waals surface area (Å²) in [6.45, 7) is 0. The van der Waals surface area contributed by atoms with Crippen molar-refractivity contribution in [1.82, 2.24) is 5.32 Å². The third kappa shape index (κ3) is 3.15. The highest BCUT2D eigenvalue weighted by molar-refractivity contribution is 7.81. The third-order valence-corrected chi connectivity index (χ3v) is 4.54. The van der Waals surface area contributed by atoms with Crippen molar-refractivity contribution in [2.45, 2.75) is 5.50 Å². The molecule has 1 aliphatic rings. The van der Waals surface area contributed by atoms with Crippen molar-refractivity contribution < 1.29 is 9.59 Å². The second-order valence-corrected chi connectivity index (χ2v) is 6.35. The van der Waals surface area contributed by atoms with Crippen molar-refractivity contribution in [2.24, 2.45) is 0 Å². The predicted molar refractivity (Wildman–Crippen MR) is 99.3 cm³/mol. The van der Waals surface area contributed by atoms with E-state index in [0.29, 0.717) is 21.3 Å². The molecule has 2 aromatic carbocycles. The van der Waals surface area contributed by atoms with Crippen LogP contribution < -0.4 is 10.2 Å². The van der Waals surface area contributed by atoms with E-state index in [0.717, 1.165) is 0 Å². The standard InChI is InChI=1S/C17H12Cl2N2O2S/c18-13-7-4-8-14(19)11(13)9-12-15(22)20-17(24)21(16(12)23)10-5-2-1-3-6-10/h1-9,17,24H,(H,20,22)/b12-9-. The summed E-state index contributed by atoms with van der Waals surface area (Å²) in [5.74, 6) is -0.996. The molecule has 0 bridgehead atoms. The minimum Gasteiger partial charge on any atom is -0.323 e. The number of carbonyl (C=O) groups excluding carboxylic acids is 2. The number of nitrogens with one attached hydrogen (secondary N) is 1. The van der Waals surface area contributed by atoms with E-state index in [1.807, 2.05) is 6.07 Å². The lowest BCUT2D eigenvalue weighted by Gasteiger charge is -2.34. The number of amides is 2. The van der Waals surface area contributed by atoms with Crippen LogP contribution in [0.25, 0.3) is 6.08 Å². The SMILES string of the molecule is O=C1NC(S)N(c2ccccc2)C(=O)/C1=C\c1c(Cl)cccc1Cl. The number of anilines is 1. The molecule has 0 spiro atoms. The Morgan fingerprint density at radius 2 is 1.62 bits per heavy atom. The maximum Gasteiger partial charge on any atom is 0.266 e. The van der Waals surface area contributed by atoms with Gasteiger partial charge in [0, 0.05) is 21.3 Å². The lowest BCUT2D eigenvalue weighted by molar-refractivity contribution is -0.124. The van der Waals surface area contributed by atoms with E-state index < -0.39 is 17.3 Å². The van der Waals surface area contributed by atoms with E-state index in [2.05, 4.69) is 17.9 Å². The molecule has 1 unspecified atom stereocenters. The number of rotatable bonds is 2. The number of halogens is 2. The largest absolute Gasteiger partial charge is 0.323 e. The van der Waals surface area contributed by atoms with Crippen molar-refractivity contribution in [3.8, 4) is 0 Å². The zero-order valence-corrected chi connectivity index (χ0v) is 14.6. The van der Waals surface area contributed by atoms with Gasteiger partial charge in [0.2, 0.25) is 0 Å². The minimum atomic E-state index is -0.758. The van der Waals surface area contributed by atoms with Crippen molar-refractivity contribution in [3.63, 3.8) is 0 Å². The Labute approximate surface area is 154 Å². The fraction of sp³-hybridized carbons (Fsp3) is 0.0588. The highest BCUT2D eigenvalue weighted by Gasteiger charge is 2.35. The number of nitrogens with zero attached hydrogens (tertiary/aromatic N) is 1. The van der Waals surface area contributed by atoms with Crippen molar-refractivity contribution >= 4 is 59.4 Å². The van der Waals surface area contributed by atoms with Crippen LogP contribution in [-0.2, 0) is 9.59 Å². The van der Waals surface area contributed by atoms with Crippen LogP contribution in [0, 0.1) is 0 Å². The quantitative estimate of drug-likeness (QED) is 0.474. The molecular weight excluding hydrogens is 367 g/mol. The molecule has 2 amide bonds. The van der Waals surface area contributed by atoms with E-state index in [9.17, 15) is 9.59 Å². The molecule has 3 rings (SSSR count). The maximum atomic E-state index is 12.8. The summed E-state index contributed by atoms with van der Waals surface area (Å²) in [4.78, 5) is 26.5. The summed E-state index contributed by atoms with van der Waals surface area (Å²) in [7, 11) is 0. The van der Waals surface area contributed by atoms with Gasteiger partial charge in [0.05, 0.1) is 0 Å². The lowest BCUT2D eigenvalue weighted by Crippen LogP contribution is -2.55. The number of benzene rings is 2. The number of hydrogen-bond donors (Lipinski definition) is 2. The van der Waals surface area contributed by atoms with Crippen LogP contribution >= 0.6 is 35.8 Å². The van der Waals surface area contributed by atoms with Crippen LogP contribution in [0.2, 0.25) is 10.0 Å². The van der Waals surface area contributed by atoms with E-state index in [1.54, 1.807) is 42.5 Å². The number of carbonyl (C=O) groups is 2. The van der Waals surface area contributed by atoms with E-state index >= 15 is 0 Å². The van der Waals surface area contributed by atoms with Crippen LogP contribution in [0.15, 0.2) is 54.1 Å². The Morgan fingerprint density at radius 1 is 1.00 bits per heavy atom. The zero-order chi connectivity index (χ0) is 17.3. The Bertz CT molecular complexity index is 819. The molecule has 0 saturated carbocycles. The molecule has 7 heteroatoms. The van der Waals surface area contributed by atoms with Gasteiger partial charge in [0.15, 0.2) is 5.50 Å². The van der Waals surface area contributed by atoms with Crippen LogP contribution in [0.1, 0.15) is 5.56 Å². The van der Waals surface area contributed by atoms with Crippen molar-refractivity contribution in [1.29, 1.82) is 0 Å². The molecule has 0 radical (unpaired) electrons. The van der Waals surface area contributed by atoms with Gasteiger partial charge in [0.1, 0.15) is 5.57 Å². The summed E-state index contributed by atoms with van der Waals surface area (Å²) in [5.41, 5.74) is 0.231. The molecular formula is C17H12Cl2N2O2S. The summed E-state index contributed by atoms with van der Waals surface area (Å²) in [5, 5.41) is 3.36. The molecule has 1 N–H and O–H groups in total. The van der Waals surface area contributed by atoms with Gasteiger partial charge in [-0.2, -0.15) is 0 Å². The summed E-state index contributed by atoms with van der Waals surface area (Å²) < 4.78 is 0. The minimum absolute atomic E-state index is 0.0563. The fourth-order valence-electron chi connectivity index (χ4n) is 2.36. The number of thiol groups is 1. The van der Waals surface area contributed by atoms with Crippen LogP contribution in [0.3, 0.4) is 0 Å². The van der Waals surface area contributed by atoms with Gasteiger partial charge in [-0.25, -0.2) is 0 Å². The first-order valence-electron chi connectivity index (χ1n) is 7.02. The Hall–Kier alpha value is -1.95. The normalized spacial score (nSPS) is 19.5.